The number of carbonyl (C=O) groups is 1. The van der Waals surface area contributed by atoms with Crippen molar-refractivity contribution in [2.75, 3.05) is 6.61 Å². The van der Waals surface area contributed by atoms with Crippen LogP contribution in [0, 0.1) is 0 Å². The van der Waals surface area contributed by atoms with Crippen molar-refractivity contribution in [3.8, 4) is 33.0 Å². The third kappa shape index (κ3) is 5.76. The van der Waals surface area contributed by atoms with E-state index in [1.54, 1.807) is 16.0 Å². The average Bonchev–Trinajstić information content (AvgIpc) is 3.81. The number of nitrogens with zero attached hydrogens (tertiary/aromatic N) is 7. The van der Waals surface area contributed by atoms with Crippen LogP contribution in [0.2, 0.25) is 0 Å². The van der Waals surface area contributed by atoms with Crippen molar-refractivity contribution in [2.24, 2.45) is 0 Å². The molecule has 0 saturated carbocycles. The molecule has 0 N–H and O–H groups in total. The molecule has 6 rings (SSSR count). The number of hydrogen-bond donors (Lipinski definition) is 0. The van der Waals surface area contributed by atoms with E-state index in [1.807, 2.05) is 55.6 Å². The van der Waals surface area contributed by atoms with Crippen LogP contribution in [0.3, 0.4) is 0 Å². The molecule has 0 fully saturated rings. The number of tetrazole rings is 1. The number of aromatic nitrogens is 7. The number of aldehydes is 1. The molecule has 0 aliphatic carbocycles. The highest BCUT2D eigenvalue weighted by Gasteiger charge is 2.19. The van der Waals surface area contributed by atoms with Crippen LogP contribution in [0.4, 0.5) is 0 Å². The Labute approximate surface area is 254 Å². The zero-order chi connectivity index (χ0) is 29.8. The van der Waals surface area contributed by atoms with E-state index in [0.29, 0.717) is 24.7 Å². The van der Waals surface area contributed by atoms with E-state index in [2.05, 4.69) is 57.3 Å². The van der Waals surface area contributed by atoms with Gasteiger partial charge in [0, 0.05) is 29.0 Å². The number of pyridine rings is 1. The van der Waals surface area contributed by atoms with Gasteiger partial charge >= 0.3 is 0 Å². The minimum Gasteiger partial charge on any atom is -0.357 e. The van der Waals surface area contributed by atoms with Gasteiger partial charge in [0.05, 0.1) is 6.54 Å². The largest absolute Gasteiger partial charge is 0.357 e. The predicted molar refractivity (Wildman–Crippen MR) is 169 cm³/mol. The molecule has 0 spiro atoms. The fourth-order valence-electron chi connectivity index (χ4n) is 5.35. The number of rotatable bonds is 12. The Morgan fingerprint density at radius 3 is 2.51 bits per heavy atom. The van der Waals surface area contributed by atoms with E-state index >= 15 is 0 Å². The van der Waals surface area contributed by atoms with Crippen LogP contribution in [0.25, 0.3) is 44.1 Å². The van der Waals surface area contributed by atoms with Crippen molar-refractivity contribution in [3.63, 3.8) is 0 Å². The molecule has 0 aliphatic heterocycles. The van der Waals surface area contributed by atoms with Gasteiger partial charge in [-0.1, -0.05) is 67.9 Å². The topological polar surface area (TPSA) is 101 Å². The van der Waals surface area contributed by atoms with Gasteiger partial charge in [-0.25, -0.2) is 9.97 Å². The molecule has 0 saturated heterocycles. The van der Waals surface area contributed by atoms with E-state index in [9.17, 15) is 4.79 Å². The number of aryl methyl sites for hydroxylation is 1. The Morgan fingerprint density at radius 1 is 0.977 bits per heavy atom. The van der Waals surface area contributed by atoms with E-state index < -0.39 is 0 Å². The number of fused-ring (bicyclic) bond motifs is 1. The molecule has 43 heavy (non-hydrogen) atoms. The molecule has 218 valence electrons. The summed E-state index contributed by atoms with van der Waals surface area (Å²) in [6.07, 6.45) is 3.50. The lowest BCUT2D eigenvalue weighted by Crippen LogP contribution is -2.12. The lowest BCUT2D eigenvalue weighted by atomic mass is 9.98. The van der Waals surface area contributed by atoms with Crippen molar-refractivity contribution in [1.29, 1.82) is 0 Å². The molecule has 6 aromatic rings. The summed E-state index contributed by atoms with van der Waals surface area (Å²) in [5, 5.41) is 14.4. The van der Waals surface area contributed by atoms with Crippen LogP contribution in [0.5, 0.6) is 0 Å². The van der Waals surface area contributed by atoms with E-state index in [1.165, 1.54) is 0 Å². The molecule has 1 atom stereocenters. The van der Waals surface area contributed by atoms with Gasteiger partial charge in [-0.3, -0.25) is 4.79 Å². The van der Waals surface area contributed by atoms with Crippen LogP contribution in [0.1, 0.15) is 61.7 Å². The first-order valence-electron chi connectivity index (χ1n) is 14.6. The number of benzene rings is 2. The summed E-state index contributed by atoms with van der Waals surface area (Å²) in [5.41, 5.74) is 6.94. The molecule has 9 nitrogen and oxygen atoms in total. The average molecular weight is 592 g/mol. The first-order valence-corrected chi connectivity index (χ1v) is 15.5. The highest BCUT2D eigenvalue weighted by molar-refractivity contribution is 7.13. The zero-order valence-electron chi connectivity index (χ0n) is 24.5. The number of hydrogen-bond acceptors (Lipinski definition) is 8. The minimum absolute atomic E-state index is 0.285. The first-order chi connectivity index (χ1) is 21.1. The van der Waals surface area contributed by atoms with Crippen LogP contribution in [-0.2, 0) is 17.7 Å². The van der Waals surface area contributed by atoms with E-state index in [-0.39, 0.29) is 6.23 Å². The Balaban J connectivity index is 1.35. The van der Waals surface area contributed by atoms with Crippen molar-refractivity contribution in [2.45, 2.75) is 52.8 Å². The maximum Gasteiger partial charge on any atom is 0.185 e. The summed E-state index contributed by atoms with van der Waals surface area (Å²) >= 11 is 1.59. The summed E-state index contributed by atoms with van der Waals surface area (Å²) in [4.78, 5) is 22.9. The van der Waals surface area contributed by atoms with Gasteiger partial charge in [0.2, 0.25) is 0 Å². The maximum atomic E-state index is 12.1. The lowest BCUT2D eigenvalue weighted by molar-refractivity contribution is 0.0159. The maximum absolute atomic E-state index is 12.1. The Bertz CT molecular complexity index is 1840. The Hall–Kier alpha value is -4.54. The van der Waals surface area contributed by atoms with Gasteiger partial charge in [-0.15, -0.1) is 16.4 Å². The van der Waals surface area contributed by atoms with Crippen LogP contribution < -0.4 is 0 Å². The molecule has 2 aromatic carbocycles. The number of thiophene rings is 1. The highest BCUT2D eigenvalue weighted by atomic mass is 32.1. The van der Waals surface area contributed by atoms with Crippen LogP contribution >= 0.6 is 11.3 Å². The third-order valence-electron chi connectivity index (χ3n) is 7.50. The number of imidazole rings is 1. The standard InChI is InChI=1S/C33H33N7O2S/c1-4-6-13-31-34-28-19-27(30-12-9-18-43-30)29(21-41)35-33(28)39(31)20-23-14-16-24(17-15-23)25-10-7-8-11-26(25)32-36-37-38-40(32)22(3)42-5-2/h7-12,14-19,21-22H,4-6,13,20H2,1-3H3. The summed E-state index contributed by atoms with van der Waals surface area (Å²) in [6, 6.07) is 22.6. The van der Waals surface area contributed by atoms with Crippen molar-refractivity contribution in [1.82, 2.24) is 34.7 Å². The molecule has 0 aliphatic rings. The molecule has 1 unspecified atom stereocenters. The summed E-state index contributed by atoms with van der Waals surface area (Å²) in [7, 11) is 0. The van der Waals surface area contributed by atoms with Crippen LogP contribution in [-0.4, -0.2) is 47.6 Å². The second kappa shape index (κ2) is 12.8. The highest BCUT2D eigenvalue weighted by Crippen LogP contribution is 2.33. The monoisotopic (exact) mass is 591 g/mol. The van der Waals surface area contributed by atoms with Crippen molar-refractivity contribution in [3.05, 3.63) is 89.2 Å². The smallest absolute Gasteiger partial charge is 0.185 e. The van der Waals surface area contributed by atoms with E-state index in [0.717, 1.165) is 75.2 Å². The predicted octanol–water partition coefficient (Wildman–Crippen LogP) is 7.24. The summed E-state index contributed by atoms with van der Waals surface area (Å²) < 4.78 is 9.62. The normalized spacial score (nSPS) is 12.2. The second-order valence-corrected chi connectivity index (χ2v) is 11.3. The molecule has 4 aromatic heterocycles. The van der Waals surface area contributed by atoms with Crippen LogP contribution in [0.15, 0.2) is 72.1 Å². The van der Waals surface area contributed by atoms with Gasteiger partial charge < -0.3 is 9.30 Å². The summed E-state index contributed by atoms with van der Waals surface area (Å²) in [5.74, 6) is 1.64. The fraction of sp³-hybridized carbons (Fsp3) is 0.273. The number of ether oxygens (including phenoxy) is 1. The number of carbonyl (C=O) groups excluding carboxylic acids is 1. The quantitative estimate of drug-likeness (QED) is 0.138. The first kappa shape index (κ1) is 28.6. The molecule has 0 radical (unpaired) electrons. The van der Waals surface area contributed by atoms with Gasteiger partial charge in [-0.2, -0.15) is 4.68 Å². The molecular weight excluding hydrogens is 558 g/mol. The molecule has 0 amide bonds. The fourth-order valence-corrected chi connectivity index (χ4v) is 6.10. The Kier molecular flexibility index (Phi) is 8.48. The Morgan fingerprint density at radius 2 is 1.79 bits per heavy atom. The summed E-state index contributed by atoms with van der Waals surface area (Å²) in [6.45, 7) is 7.24. The minimum atomic E-state index is -0.285. The van der Waals surface area contributed by atoms with Crippen molar-refractivity contribution < 1.29 is 9.53 Å². The van der Waals surface area contributed by atoms with Gasteiger partial charge in [-0.05, 0) is 64.9 Å². The zero-order valence-corrected chi connectivity index (χ0v) is 25.3. The van der Waals surface area contributed by atoms with Crippen molar-refractivity contribution >= 4 is 28.8 Å². The molecule has 4 heterocycles. The molecular formula is C33H33N7O2S. The van der Waals surface area contributed by atoms with Gasteiger partial charge in [0.25, 0.3) is 0 Å². The molecule has 0 bridgehead atoms. The van der Waals surface area contributed by atoms with Gasteiger partial charge in [0.1, 0.15) is 17.0 Å². The SMILES string of the molecule is CCCCc1nc2cc(-c3cccs3)c(C=O)nc2n1Cc1ccc(-c2ccccc2-c2nnnn2C(C)OCC)cc1. The second-order valence-electron chi connectivity index (χ2n) is 10.3. The number of unbranched alkanes of at least 4 members (excludes halogenated alkanes) is 1. The molecule has 10 heteroatoms. The van der Waals surface area contributed by atoms with E-state index in [4.69, 9.17) is 14.7 Å². The third-order valence-corrected chi connectivity index (χ3v) is 8.40. The van der Waals surface area contributed by atoms with Gasteiger partial charge in [0.15, 0.2) is 24.0 Å². The lowest BCUT2D eigenvalue weighted by Gasteiger charge is -2.15.